The Balaban J connectivity index is 0.000000354. The van der Waals surface area contributed by atoms with Gasteiger partial charge in [-0.15, -0.1) is 0 Å². The van der Waals surface area contributed by atoms with Crippen LogP contribution in [0.1, 0.15) is 20.3 Å². The average molecular weight is 278 g/mol. The molecule has 0 fully saturated rings. The predicted molar refractivity (Wildman–Crippen MR) is 61.7 cm³/mol. The maximum Gasteiger partial charge on any atom is 0.118 e. The highest BCUT2D eigenvalue weighted by molar-refractivity contribution is 14.1. The van der Waals surface area contributed by atoms with Gasteiger partial charge in [-0.05, 0) is 46.9 Å². The lowest BCUT2D eigenvalue weighted by molar-refractivity contribution is 0.414. The Morgan fingerprint density at radius 1 is 1.17 bits per heavy atom. The molecule has 0 aliphatic rings. The summed E-state index contributed by atoms with van der Waals surface area (Å²) in [6.07, 6.45) is 1.25. The van der Waals surface area contributed by atoms with Gasteiger partial charge in [0, 0.05) is 3.57 Å². The van der Waals surface area contributed by atoms with Gasteiger partial charge in [0.05, 0.1) is 7.11 Å². The summed E-state index contributed by atoms with van der Waals surface area (Å²) in [6.45, 7) is 4.25. The SMILES string of the molecule is CCC.COc1ccc(I)cc1. The molecule has 0 bridgehead atoms. The second-order valence-corrected chi connectivity index (χ2v) is 3.61. The van der Waals surface area contributed by atoms with E-state index in [0.717, 1.165) is 5.75 Å². The third kappa shape index (κ3) is 5.41. The van der Waals surface area contributed by atoms with E-state index in [-0.39, 0.29) is 0 Å². The minimum atomic E-state index is 0.912. The van der Waals surface area contributed by atoms with Crippen LogP contribution in [0.4, 0.5) is 0 Å². The topological polar surface area (TPSA) is 9.23 Å². The Morgan fingerprint density at radius 3 is 1.92 bits per heavy atom. The fourth-order valence-corrected chi connectivity index (χ4v) is 0.930. The van der Waals surface area contributed by atoms with Gasteiger partial charge in [-0.1, -0.05) is 20.3 Å². The Labute approximate surface area is 88.3 Å². The van der Waals surface area contributed by atoms with E-state index in [0.29, 0.717) is 0 Å². The Morgan fingerprint density at radius 2 is 1.58 bits per heavy atom. The first-order valence-corrected chi connectivity index (χ1v) is 5.12. The molecule has 0 amide bonds. The molecule has 1 nitrogen and oxygen atoms in total. The molecule has 1 aromatic rings. The highest BCUT2D eigenvalue weighted by Crippen LogP contribution is 2.11. The van der Waals surface area contributed by atoms with Crippen molar-refractivity contribution in [2.24, 2.45) is 0 Å². The van der Waals surface area contributed by atoms with E-state index >= 15 is 0 Å². The molecule has 1 aromatic carbocycles. The molecule has 0 saturated carbocycles. The van der Waals surface area contributed by atoms with Crippen LogP contribution in [-0.4, -0.2) is 7.11 Å². The molecular weight excluding hydrogens is 263 g/mol. The van der Waals surface area contributed by atoms with E-state index in [9.17, 15) is 0 Å². The molecule has 0 atom stereocenters. The summed E-state index contributed by atoms with van der Waals surface area (Å²) >= 11 is 2.26. The lowest BCUT2D eigenvalue weighted by atomic mass is 10.3. The third-order valence-electron chi connectivity index (χ3n) is 1.05. The number of ether oxygens (including phenoxy) is 1. The molecule has 0 spiro atoms. The van der Waals surface area contributed by atoms with Gasteiger partial charge >= 0.3 is 0 Å². The molecule has 0 unspecified atom stereocenters. The summed E-state index contributed by atoms with van der Waals surface area (Å²) in [5.74, 6) is 0.912. The van der Waals surface area contributed by atoms with Gasteiger partial charge in [0.2, 0.25) is 0 Å². The number of benzene rings is 1. The molecule has 0 aromatic heterocycles. The van der Waals surface area contributed by atoms with Crippen LogP contribution in [-0.2, 0) is 0 Å². The molecule has 0 N–H and O–H groups in total. The molecule has 0 heterocycles. The minimum Gasteiger partial charge on any atom is -0.497 e. The summed E-state index contributed by atoms with van der Waals surface area (Å²) in [5.41, 5.74) is 0. The zero-order valence-corrected chi connectivity index (χ0v) is 9.96. The molecule has 68 valence electrons. The summed E-state index contributed by atoms with van der Waals surface area (Å²) in [7, 11) is 1.67. The standard InChI is InChI=1S/C7H7IO.C3H8/c1-9-7-4-2-6(8)3-5-7;1-3-2/h2-5H,1H3;3H2,1-2H3. The molecule has 1 rings (SSSR count). The molecule has 2 heteroatoms. The van der Waals surface area contributed by atoms with Gasteiger partial charge < -0.3 is 4.74 Å². The zero-order valence-electron chi connectivity index (χ0n) is 7.80. The van der Waals surface area contributed by atoms with Crippen molar-refractivity contribution in [2.75, 3.05) is 7.11 Å². The van der Waals surface area contributed by atoms with E-state index in [1.807, 2.05) is 24.3 Å². The molecule has 12 heavy (non-hydrogen) atoms. The van der Waals surface area contributed by atoms with Crippen molar-refractivity contribution in [3.8, 4) is 5.75 Å². The highest BCUT2D eigenvalue weighted by Gasteiger charge is 1.86. The number of hydrogen-bond acceptors (Lipinski definition) is 1. The van der Waals surface area contributed by atoms with Gasteiger partial charge in [0.15, 0.2) is 0 Å². The molecule has 0 saturated heterocycles. The minimum absolute atomic E-state index is 0.912. The van der Waals surface area contributed by atoms with E-state index in [2.05, 4.69) is 36.4 Å². The predicted octanol–water partition coefficient (Wildman–Crippen LogP) is 3.72. The van der Waals surface area contributed by atoms with Crippen molar-refractivity contribution in [3.05, 3.63) is 27.8 Å². The van der Waals surface area contributed by atoms with Crippen LogP contribution in [0, 0.1) is 3.57 Å². The number of rotatable bonds is 1. The maximum atomic E-state index is 4.97. The number of methoxy groups -OCH3 is 1. The van der Waals surface area contributed by atoms with Gasteiger partial charge in [-0.3, -0.25) is 0 Å². The second kappa shape index (κ2) is 7.40. The van der Waals surface area contributed by atoms with Gasteiger partial charge in [0.25, 0.3) is 0 Å². The van der Waals surface area contributed by atoms with Crippen LogP contribution >= 0.6 is 22.6 Å². The summed E-state index contributed by atoms with van der Waals surface area (Å²) in [4.78, 5) is 0. The molecule has 0 radical (unpaired) electrons. The fourth-order valence-electron chi connectivity index (χ4n) is 0.571. The first-order chi connectivity index (χ1) is 5.74. The van der Waals surface area contributed by atoms with Crippen LogP contribution in [0.2, 0.25) is 0 Å². The highest BCUT2D eigenvalue weighted by atomic mass is 127. The maximum absolute atomic E-state index is 4.97. The largest absolute Gasteiger partial charge is 0.497 e. The Kier molecular flexibility index (Phi) is 7.25. The van der Waals surface area contributed by atoms with E-state index in [1.165, 1.54) is 9.99 Å². The van der Waals surface area contributed by atoms with Gasteiger partial charge in [-0.25, -0.2) is 0 Å². The first kappa shape index (κ1) is 11.8. The fraction of sp³-hybridized carbons (Fsp3) is 0.400. The zero-order chi connectivity index (χ0) is 9.40. The third-order valence-corrected chi connectivity index (χ3v) is 1.77. The van der Waals surface area contributed by atoms with Crippen LogP contribution in [0.5, 0.6) is 5.75 Å². The van der Waals surface area contributed by atoms with Crippen molar-refractivity contribution in [1.82, 2.24) is 0 Å². The van der Waals surface area contributed by atoms with E-state index in [4.69, 9.17) is 4.74 Å². The van der Waals surface area contributed by atoms with Crippen LogP contribution in [0.3, 0.4) is 0 Å². The summed E-state index contributed by atoms with van der Waals surface area (Å²) in [6, 6.07) is 7.92. The molecular formula is C10H15IO. The van der Waals surface area contributed by atoms with Gasteiger partial charge in [0.1, 0.15) is 5.75 Å². The van der Waals surface area contributed by atoms with E-state index < -0.39 is 0 Å². The van der Waals surface area contributed by atoms with Crippen molar-refractivity contribution in [2.45, 2.75) is 20.3 Å². The van der Waals surface area contributed by atoms with Crippen LogP contribution < -0.4 is 4.74 Å². The quantitative estimate of drug-likeness (QED) is 0.711. The van der Waals surface area contributed by atoms with Crippen molar-refractivity contribution in [3.63, 3.8) is 0 Å². The summed E-state index contributed by atoms with van der Waals surface area (Å²) in [5, 5.41) is 0. The summed E-state index contributed by atoms with van der Waals surface area (Å²) < 4.78 is 6.20. The second-order valence-electron chi connectivity index (χ2n) is 2.37. The van der Waals surface area contributed by atoms with Gasteiger partial charge in [-0.2, -0.15) is 0 Å². The van der Waals surface area contributed by atoms with Crippen LogP contribution in [0.15, 0.2) is 24.3 Å². The van der Waals surface area contributed by atoms with Crippen LogP contribution in [0.25, 0.3) is 0 Å². The lowest BCUT2D eigenvalue weighted by Gasteiger charge is -1.96. The van der Waals surface area contributed by atoms with Crippen molar-refractivity contribution in [1.29, 1.82) is 0 Å². The normalized spacial score (nSPS) is 8.33. The van der Waals surface area contributed by atoms with E-state index in [1.54, 1.807) is 7.11 Å². The van der Waals surface area contributed by atoms with Crippen molar-refractivity contribution < 1.29 is 4.74 Å². The molecule has 0 aliphatic carbocycles. The monoisotopic (exact) mass is 278 g/mol. The smallest absolute Gasteiger partial charge is 0.118 e. The Bertz CT molecular complexity index is 193. The Hall–Kier alpha value is -0.250. The first-order valence-electron chi connectivity index (χ1n) is 4.04. The van der Waals surface area contributed by atoms with Crippen molar-refractivity contribution >= 4 is 22.6 Å². The lowest BCUT2D eigenvalue weighted by Crippen LogP contribution is -1.80. The number of halogens is 1. The molecule has 0 aliphatic heterocycles. The average Bonchev–Trinajstić information content (AvgIpc) is 2.07. The number of hydrogen-bond donors (Lipinski definition) is 0.